The molecule has 0 bridgehead atoms. The highest BCUT2D eigenvalue weighted by Crippen LogP contribution is 2.10. The van der Waals surface area contributed by atoms with Gasteiger partial charge in [-0.1, -0.05) is 18.2 Å². The maximum atomic E-state index is 11.6. The number of aromatic nitrogens is 2. The Labute approximate surface area is 103 Å². The molecule has 0 aliphatic rings. The highest BCUT2D eigenvalue weighted by atomic mass is 32.1. The molecule has 2 aromatic rings. The van der Waals surface area contributed by atoms with Crippen LogP contribution in [0.3, 0.4) is 0 Å². The maximum Gasteiger partial charge on any atom is 0.326 e. The number of allylic oxidation sites excluding steroid dienone is 1. The molecule has 1 aromatic heterocycles. The summed E-state index contributed by atoms with van der Waals surface area (Å²) in [7, 11) is 0. The third kappa shape index (κ3) is 2.68. The van der Waals surface area contributed by atoms with Crippen molar-refractivity contribution < 1.29 is 0 Å². The molecule has 0 spiro atoms. The van der Waals surface area contributed by atoms with Gasteiger partial charge in [-0.2, -0.15) is 12.6 Å². The Hall–Kier alpha value is -1.75. The number of fused-ring (bicyclic) bond motifs is 1. The van der Waals surface area contributed by atoms with Crippen LogP contribution in [0.5, 0.6) is 0 Å². The number of hydrogen-bond donors (Lipinski definition) is 3. The summed E-state index contributed by atoms with van der Waals surface area (Å²) in [4.78, 5) is 27.4. The fourth-order valence-electron chi connectivity index (χ4n) is 1.58. The van der Waals surface area contributed by atoms with E-state index in [4.69, 9.17) is 0 Å². The van der Waals surface area contributed by atoms with Crippen LogP contribution in [0, 0.1) is 0 Å². The first-order chi connectivity index (χ1) is 8.20. The van der Waals surface area contributed by atoms with Gasteiger partial charge in [-0.05, 0) is 29.9 Å². The van der Waals surface area contributed by atoms with Crippen LogP contribution in [0.15, 0.2) is 33.9 Å². The molecule has 2 rings (SSSR count). The van der Waals surface area contributed by atoms with Crippen molar-refractivity contribution in [3.05, 3.63) is 50.7 Å². The molecule has 1 heterocycles. The van der Waals surface area contributed by atoms with E-state index in [1.807, 2.05) is 18.2 Å². The van der Waals surface area contributed by atoms with Crippen LogP contribution in [0.4, 0.5) is 0 Å². The van der Waals surface area contributed by atoms with E-state index in [9.17, 15) is 9.59 Å². The Morgan fingerprint density at radius 2 is 2.06 bits per heavy atom. The van der Waals surface area contributed by atoms with E-state index in [1.54, 1.807) is 12.1 Å². The molecule has 0 aliphatic heterocycles. The average molecular weight is 248 g/mol. The summed E-state index contributed by atoms with van der Waals surface area (Å²) in [6.07, 6.45) is 4.80. The number of rotatable bonds is 3. The molecule has 88 valence electrons. The highest BCUT2D eigenvalue weighted by molar-refractivity contribution is 7.80. The number of hydrogen-bond acceptors (Lipinski definition) is 3. The maximum absolute atomic E-state index is 11.6. The largest absolute Gasteiger partial charge is 0.326 e. The zero-order valence-electron chi connectivity index (χ0n) is 9.06. The van der Waals surface area contributed by atoms with E-state index in [0.29, 0.717) is 10.9 Å². The van der Waals surface area contributed by atoms with Gasteiger partial charge in [0.05, 0.1) is 10.9 Å². The lowest BCUT2D eigenvalue weighted by molar-refractivity contribution is 1.08. The zero-order valence-corrected chi connectivity index (χ0v) is 9.96. The smallest absolute Gasteiger partial charge is 0.307 e. The monoisotopic (exact) mass is 248 g/mol. The number of nitrogens with one attached hydrogen (secondary N) is 2. The molecule has 2 N–H and O–H groups in total. The second kappa shape index (κ2) is 5.05. The van der Waals surface area contributed by atoms with Crippen molar-refractivity contribution in [2.45, 2.75) is 6.42 Å². The third-order valence-electron chi connectivity index (χ3n) is 2.37. The van der Waals surface area contributed by atoms with Crippen LogP contribution < -0.4 is 11.2 Å². The van der Waals surface area contributed by atoms with Gasteiger partial charge in [-0.3, -0.25) is 9.78 Å². The first-order valence-electron chi connectivity index (χ1n) is 5.24. The Bertz CT molecular complexity index is 670. The van der Waals surface area contributed by atoms with E-state index in [2.05, 4.69) is 22.6 Å². The Balaban J connectivity index is 2.51. The standard InChI is InChI=1S/C12H12N2O2S/c15-11-9-7-8(3-1-2-6-17)4-5-10(9)13-12(16)14-11/h1,3-5,7,17H,2,6H2,(H2,13,14,15,16). The minimum Gasteiger partial charge on any atom is -0.307 e. The minimum absolute atomic E-state index is 0.367. The predicted octanol–water partition coefficient (Wildman–Crippen LogP) is 1.55. The van der Waals surface area contributed by atoms with Crippen molar-refractivity contribution in [2.75, 3.05) is 5.75 Å². The van der Waals surface area contributed by atoms with Crippen molar-refractivity contribution >= 4 is 29.6 Å². The van der Waals surface area contributed by atoms with E-state index in [0.717, 1.165) is 17.7 Å². The fraction of sp³-hybridized carbons (Fsp3) is 0.167. The van der Waals surface area contributed by atoms with Crippen molar-refractivity contribution in [1.29, 1.82) is 0 Å². The van der Waals surface area contributed by atoms with Gasteiger partial charge in [0, 0.05) is 0 Å². The van der Waals surface area contributed by atoms with E-state index in [-0.39, 0.29) is 5.56 Å². The van der Waals surface area contributed by atoms with Crippen LogP contribution >= 0.6 is 12.6 Å². The van der Waals surface area contributed by atoms with Crippen LogP contribution in [-0.4, -0.2) is 15.7 Å². The molecule has 4 nitrogen and oxygen atoms in total. The number of thiol groups is 1. The summed E-state index contributed by atoms with van der Waals surface area (Å²) in [6.45, 7) is 0. The second-order valence-electron chi connectivity index (χ2n) is 3.63. The zero-order chi connectivity index (χ0) is 12.3. The number of aromatic amines is 2. The first kappa shape index (κ1) is 11.7. The molecular weight excluding hydrogens is 236 g/mol. The molecule has 0 aliphatic carbocycles. The summed E-state index contributed by atoms with van der Waals surface area (Å²) in [5.41, 5.74) is 0.621. The third-order valence-corrected chi connectivity index (χ3v) is 2.63. The van der Waals surface area contributed by atoms with Gasteiger partial charge in [-0.15, -0.1) is 0 Å². The summed E-state index contributed by atoms with van der Waals surface area (Å²) >= 11 is 4.11. The van der Waals surface area contributed by atoms with Gasteiger partial charge in [-0.25, -0.2) is 4.79 Å². The number of H-pyrrole nitrogens is 2. The Kier molecular flexibility index (Phi) is 3.49. The van der Waals surface area contributed by atoms with Gasteiger partial charge in [0.25, 0.3) is 5.56 Å². The van der Waals surface area contributed by atoms with Crippen LogP contribution in [0.1, 0.15) is 12.0 Å². The molecule has 17 heavy (non-hydrogen) atoms. The Morgan fingerprint density at radius 1 is 1.24 bits per heavy atom. The predicted molar refractivity (Wildman–Crippen MR) is 72.7 cm³/mol. The summed E-state index contributed by atoms with van der Waals surface area (Å²) in [5, 5.41) is 0.484. The highest BCUT2D eigenvalue weighted by Gasteiger charge is 2.00. The van der Waals surface area contributed by atoms with E-state index < -0.39 is 5.69 Å². The lowest BCUT2D eigenvalue weighted by Gasteiger charge is -1.98. The van der Waals surface area contributed by atoms with Gasteiger partial charge < -0.3 is 4.98 Å². The normalized spacial score (nSPS) is 11.4. The van der Waals surface area contributed by atoms with Gasteiger partial charge in [0.15, 0.2) is 0 Å². The summed E-state index contributed by atoms with van der Waals surface area (Å²) in [5.74, 6) is 0.790. The minimum atomic E-state index is -0.485. The van der Waals surface area contributed by atoms with E-state index in [1.165, 1.54) is 0 Å². The molecule has 0 amide bonds. The van der Waals surface area contributed by atoms with Gasteiger partial charge >= 0.3 is 5.69 Å². The van der Waals surface area contributed by atoms with Crippen molar-refractivity contribution in [3.63, 3.8) is 0 Å². The lowest BCUT2D eigenvalue weighted by Crippen LogP contribution is -2.21. The van der Waals surface area contributed by atoms with Crippen LogP contribution in [0.2, 0.25) is 0 Å². The van der Waals surface area contributed by atoms with Gasteiger partial charge in [0.1, 0.15) is 0 Å². The lowest BCUT2D eigenvalue weighted by atomic mass is 10.1. The molecule has 0 unspecified atom stereocenters. The SMILES string of the molecule is O=c1[nH]c(=O)c2cc(C=CCCS)ccc2[nH]1. The molecule has 5 heteroatoms. The average Bonchev–Trinajstić information content (AvgIpc) is 2.30. The molecule has 0 saturated carbocycles. The summed E-state index contributed by atoms with van der Waals surface area (Å²) < 4.78 is 0. The number of benzene rings is 1. The van der Waals surface area contributed by atoms with E-state index >= 15 is 0 Å². The second-order valence-corrected chi connectivity index (χ2v) is 4.08. The summed E-state index contributed by atoms with van der Waals surface area (Å²) in [6, 6.07) is 5.33. The molecular formula is C12H12N2O2S. The fourth-order valence-corrected chi connectivity index (χ4v) is 1.73. The van der Waals surface area contributed by atoms with Crippen molar-refractivity contribution in [2.24, 2.45) is 0 Å². The van der Waals surface area contributed by atoms with Crippen molar-refractivity contribution in [1.82, 2.24) is 9.97 Å². The Morgan fingerprint density at radius 3 is 2.82 bits per heavy atom. The van der Waals surface area contributed by atoms with Crippen LogP contribution in [-0.2, 0) is 0 Å². The molecule has 0 saturated heterocycles. The topological polar surface area (TPSA) is 65.7 Å². The van der Waals surface area contributed by atoms with Crippen LogP contribution in [0.25, 0.3) is 17.0 Å². The quantitative estimate of drug-likeness (QED) is 0.721. The molecule has 1 aromatic carbocycles. The van der Waals surface area contributed by atoms with Crippen molar-refractivity contribution in [3.8, 4) is 0 Å². The van der Waals surface area contributed by atoms with Gasteiger partial charge in [0.2, 0.25) is 0 Å². The molecule has 0 atom stereocenters. The first-order valence-corrected chi connectivity index (χ1v) is 5.88. The molecule has 0 fully saturated rings. The molecule has 0 radical (unpaired) electrons.